The molecule has 1 amide bonds. The van der Waals surface area contributed by atoms with Gasteiger partial charge in [-0.2, -0.15) is 14.5 Å². The number of amides is 1. The Balaban J connectivity index is 1.47. The van der Waals surface area contributed by atoms with E-state index in [0.717, 1.165) is 16.7 Å². The van der Waals surface area contributed by atoms with Crippen LogP contribution in [0.1, 0.15) is 36.2 Å². The van der Waals surface area contributed by atoms with Crippen molar-refractivity contribution in [2.24, 2.45) is 5.92 Å². The number of hydrogen-bond donors (Lipinski definition) is 2. The van der Waals surface area contributed by atoms with E-state index in [1.807, 2.05) is 45.8 Å². The van der Waals surface area contributed by atoms with Crippen LogP contribution in [0.3, 0.4) is 0 Å². The van der Waals surface area contributed by atoms with Crippen molar-refractivity contribution < 1.29 is 9.18 Å². The Hall–Kier alpha value is -3.56. The van der Waals surface area contributed by atoms with Crippen LogP contribution in [0.4, 0.5) is 21.8 Å². The summed E-state index contributed by atoms with van der Waals surface area (Å²) in [6.07, 6.45) is 5.22. The summed E-state index contributed by atoms with van der Waals surface area (Å²) in [5.41, 5.74) is 4.05. The van der Waals surface area contributed by atoms with Gasteiger partial charge in [0.2, 0.25) is 17.8 Å². The lowest BCUT2D eigenvalue weighted by molar-refractivity contribution is -0.118. The van der Waals surface area contributed by atoms with Crippen LogP contribution in [0.5, 0.6) is 0 Å². The summed E-state index contributed by atoms with van der Waals surface area (Å²) >= 11 is 0. The van der Waals surface area contributed by atoms with E-state index >= 15 is 0 Å². The molecule has 9 nitrogen and oxygen atoms in total. The topological polar surface area (TPSA) is 101 Å². The first-order valence-corrected chi connectivity index (χ1v) is 10.5. The Morgan fingerprint density at radius 2 is 2.03 bits per heavy atom. The van der Waals surface area contributed by atoms with Gasteiger partial charge >= 0.3 is 0 Å². The maximum atomic E-state index is 13.2. The first-order valence-electron chi connectivity index (χ1n) is 10.5. The highest BCUT2D eigenvalue weighted by Gasteiger charge is 2.35. The normalized spacial score (nSPS) is 15.7. The molecule has 0 aliphatic carbocycles. The van der Waals surface area contributed by atoms with Crippen molar-refractivity contribution in [3.8, 4) is 0 Å². The maximum Gasteiger partial charge on any atom is 0.247 e. The lowest BCUT2D eigenvalue weighted by Crippen LogP contribution is -2.49. The monoisotopic (exact) mass is 438 g/mol. The van der Waals surface area contributed by atoms with Crippen molar-refractivity contribution in [1.82, 2.24) is 24.7 Å². The number of carbonyl (C=O) groups is 1. The lowest BCUT2D eigenvalue weighted by atomic mass is 9.99. The molecule has 3 aromatic heterocycles. The molecule has 1 atom stereocenters. The molecule has 0 bridgehead atoms. The quantitative estimate of drug-likeness (QED) is 0.571. The van der Waals surface area contributed by atoms with Crippen LogP contribution in [0, 0.1) is 25.7 Å². The zero-order chi connectivity index (χ0) is 23.0. The van der Waals surface area contributed by atoms with E-state index in [9.17, 15) is 9.18 Å². The fraction of sp³-hybridized carbons (Fsp3) is 0.409. The number of aromatic nitrogens is 5. The molecule has 0 saturated heterocycles. The second-order valence-corrected chi connectivity index (χ2v) is 8.45. The molecule has 1 unspecified atom stereocenters. The van der Waals surface area contributed by atoms with Crippen LogP contribution < -0.4 is 15.5 Å². The van der Waals surface area contributed by atoms with E-state index in [2.05, 4.69) is 30.7 Å². The van der Waals surface area contributed by atoms with E-state index < -0.39 is 5.95 Å². The molecule has 2 N–H and O–H groups in total. The summed E-state index contributed by atoms with van der Waals surface area (Å²) in [7, 11) is 1.88. The van der Waals surface area contributed by atoms with E-state index in [-0.39, 0.29) is 17.9 Å². The number of aryl methyl sites for hydroxylation is 2. The molecule has 10 heteroatoms. The molecular weight excluding hydrogens is 411 g/mol. The highest BCUT2D eigenvalue weighted by atomic mass is 19.1. The second kappa shape index (κ2) is 8.52. The number of likely N-dealkylation sites (N-methyl/N-ethyl adjacent to an activating group) is 1. The van der Waals surface area contributed by atoms with Crippen molar-refractivity contribution in [2.75, 3.05) is 22.6 Å². The van der Waals surface area contributed by atoms with Gasteiger partial charge in [0.1, 0.15) is 11.7 Å². The number of nitrogens with one attached hydrogen (secondary N) is 2. The Morgan fingerprint density at radius 3 is 2.75 bits per heavy atom. The minimum absolute atomic E-state index is 0.0404. The predicted molar refractivity (Wildman–Crippen MR) is 120 cm³/mol. The van der Waals surface area contributed by atoms with Crippen LogP contribution in [0.15, 0.2) is 24.7 Å². The summed E-state index contributed by atoms with van der Waals surface area (Å²) in [4.78, 5) is 27.3. The molecule has 32 heavy (non-hydrogen) atoms. The van der Waals surface area contributed by atoms with E-state index in [1.54, 1.807) is 10.9 Å². The minimum atomic E-state index is -0.484. The summed E-state index contributed by atoms with van der Waals surface area (Å²) in [5.74, 6) is 0.806. The minimum Gasteiger partial charge on any atom is -0.350 e. The summed E-state index contributed by atoms with van der Waals surface area (Å²) in [6.45, 7) is 8.73. The van der Waals surface area contributed by atoms with Crippen molar-refractivity contribution >= 4 is 23.4 Å². The van der Waals surface area contributed by atoms with Crippen molar-refractivity contribution in [3.63, 3.8) is 0 Å². The first kappa shape index (κ1) is 21.7. The molecule has 0 fully saturated rings. The largest absolute Gasteiger partial charge is 0.350 e. The average Bonchev–Trinajstić information content (AvgIpc) is 3.17. The molecule has 3 aromatic rings. The first-order chi connectivity index (χ1) is 15.2. The van der Waals surface area contributed by atoms with Crippen LogP contribution >= 0.6 is 0 Å². The van der Waals surface area contributed by atoms with Gasteiger partial charge in [-0.05, 0) is 37.0 Å². The van der Waals surface area contributed by atoms with Crippen molar-refractivity contribution in [1.29, 1.82) is 0 Å². The van der Waals surface area contributed by atoms with Crippen molar-refractivity contribution in [3.05, 3.63) is 53.0 Å². The number of anilines is 3. The number of nitrogens with zero attached hydrogens (tertiary/aromatic N) is 6. The van der Waals surface area contributed by atoms with Crippen molar-refractivity contribution in [2.45, 2.75) is 46.8 Å². The molecule has 1 aliphatic heterocycles. The van der Waals surface area contributed by atoms with Crippen LogP contribution in [0.2, 0.25) is 0 Å². The standard InChI is InChI=1S/C22H27FN8O/c1-12(2)19-21(32)28-18-14(4)27-22(29-20(18)30(19)5)25-7-15-8-26-31(10-15)11-16-9-24-17(23)6-13(16)3/h6,8-10,12,19H,7,11H2,1-5H3,(H,28,32)(H,25,27,29). The van der Waals surface area contributed by atoms with Gasteiger partial charge in [-0.3, -0.25) is 9.48 Å². The van der Waals surface area contributed by atoms with Gasteiger partial charge < -0.3 is 15.5 Å². The number of fused-ring (bicyclic) bond motifs is 1. The average molecular weight is 439 g/mol. The van der Waals surface area contributed by atoms with Gasteiger partial charge in [0.05, 0.1) is 18.4 Å². The number of pyridine rings is 1. The highest BCUT2D eigenvalue weighted by Crippen LogP contribution is 2.34. The third-order valence-electron chi connectivity index (χ3n) is 5.63. The fourth-order valence-corrected chi connectivity index (χ4v) is 3.95. The number of carbonyl (C=O) groups excluding carboxylic acids is 1. The van der Waals surface area contributed by atoms with Gasteiger partial charge in [-0.25, -0.2) is 9.97 Å². The van der Waals surface area contributed by atoms with E-state index in [0.29, 0.717) is 36.2 Å². The zero-order valence-electron chi connectivity index (χ0n) is 18.8. The lowest BCUT2D eigenvalue weighted by Gasteiger charge is -2.36. The Bertz CT molecular complexity index is 1160. The van der Waals surface area contributed by atoms with Crippen LogP contribution in [-0.2, 0) is 17.9 Å². The van der Waals surface area contributed by atoms with Gasteiger partial charge in [0, 0.05) is 31.5 Å². The number of halogens is 1. The summed E-state index contributed by atoms with van der Waals surface area (Å²) < 4.78 is 15.0. The number of rotatable bonds is 6. The van der Waals surface area contributed by atoms with Gasteiger partial charge in [-0.1, -0.05) is 13.8 Å². The summed E-state index contributed by atoms with van der Waals surface area (Å²) in [6, 6.07) is 1.13. The molecule has 0 saturated carbocycles. The number of hydrogen-bond acceptors (Lipinski definition) is 7. The fourth-order valence-electron chi connectivity index (χ4n) is 3.95. The van der Waals surface area contributed by atoms with E-state index in [1.165, 1.54) is 12.3 Å². The molecule has 168 valence electrons. The van der Waals surface area contributed by atoms with Gasteiger partial charge in [0.25, 0.3) is 0 Å². The van der Waals surface area contributed by atoms with Crippen LogP contribution in [-0.4, -0.2) is 43.7 Å². The molecular formula is C22H27FN8O. The van der Waals surface area contributed by atoms with Crippen LogP contribution in [0.25, 0.3) is 0 Å². The van der Waals surface area contributed by atoms with Gasteiger partial charge in [-0.15, -0.1) is 0 Å². The molecule has 4 heterocycles. The Kier molecular flexibility index (Phi) is 5.77. The molecule has 0 spiro atoms. The SMILES string of the molecule is Cc1cc(F)ncc1Cn1cc(CNc2nc(C)c3c(n2)N(C)C(C(C)C)C(=O)N3)cn1. The summed E-state index contributed by atoms with van der Waals surface area (Å²) in [5, 5.41) is 10.6. The smallest absolute Gasteiger partial charge is 0.247 e. The molecule has 4 rings (SSSR count). The highest BCUT2D eigenvalue weighted by molar-refractivity contribution is 6.03. The molecule has 0 aromatic carbocycles. The third kappa shape index (κ3) is 4.25. The second-order valence-electron chi connectivity index (χ2n) is 8.45. The Morgan fingerprint density at radius 1 is 1.25 bits per heavy atom. The van der Waals surface area contributed by atoms with E-state index in [4.69, 9.17) is 0 Å². The third-order valence-corrected chi connectivity index (χ3v) is 5.63. The molecule has 1 aliphatic rings. The Labute approximate surface area is 186 Å². The molecule has 0 radical (unpaired) electrons. The van der Waals surface area contributed by atoms with Gasteiger partial charge in [0.15, 0.2) is 5.82 Å². The maximum absolute atomic E-state index is 13.2. The predicted octanol–water partition coefficient (Wildman–Crippen LogP) is 2.90. The zero-order valence-corrected chi connectivity index (χ0v) is 18.8.